The lowest BCUT2D eigenvalue weighted by molar-refractivity contribution is -0.146. The molecule has 9 amide bonds. The molecule has 4 aromatic carbocycles. The van der Waals surface area contributed by atoms with Crippen LogP contribution in [-0.4, -0.2) is 189 Å². The Balaban J connectivity index is 1.05. The predicted molar refractivity (Wildman–Crippen MR) is 383 cm³/mol. The van der Waals surface area contributed by atoms with Crippen molar-refractivity contribution in [3.05, 3.63) is 160 Å². The topological polar surface area (TPSA) is 347 Å². The van der Waals surface area contributed by atoms with Crippen molar-refractivity contribution < 1.29 is 66.6 Å². The van der Waals surface area contributed by atoms with Crippen molar-refractivity contribution in [1.29, 1.82) is 0 Å². The van der Waals surface area contributed by atoms with Crippen molar-refractivity contribution in [2.45, 2.75) is 150 Å². The molecule has 3 aliphatic rings. The number of nitrogens with one attached hydrogen (secondary N) is 10. The number of aliphatic carboxylic acids is 1. The van der Waals surface area contributed by atoms with E-state index >= 15 is 23.6 Å². The van der Waals surface area contributed by atoms with Crippen molar-refractivity contribution >= 4 is 99.1 Å². The predicted octanol–water partition coefficient (Wildman–Crippen LogP) is 4.92. The molecule has 0 spiro atoms. The summed E-state index contributed by atoms with van der Waals surface area (Å²) in [6.07, 6.45) is 6.44. The van der Waals surface area contributed by atoms with Gasteiger partial charge in [-0.25, -0.2) is 13.8 Å². The fraction of sp³-hybridized carbons (Fsp3) is 0.438. The molecule has 4 heterocycles. The van der Waals surface area contributed by atoms with Gasteiger partial charge in [-0.2, -0.15) is 23.5 Å². The van der Waals surface area contributed by atoms with Gasteiger partial charge in [-0.15, -0.1) is 0 Å². The average Bonchev–Trinajstić information content (AvgIpc) is 1.71. The fourth-order valence-electron chi connectivity index (χ4n) is 12.7. The van der Waals surface area contributed by atoms with E-state index in [1.807, 2.05) is 37.2 Å². The number of amides is 9. The first-order valence-corrected chi connectivity index (χ1v) is 36.4. The Morgan fingerprint density at radius 3 is 2.05 bits per heavy atom. The number of benzene rings is 4. The number of halogens is 2. The summed E-state index contributed by atoms with van der Waals surface area (Å²) < 4.78 is 35.4. The summed E-state index contributed by atoms with van der Waals surface area (Å²) in [5, 5.41) is 32.6. The minimum atomic E-state index is -2.00. The molecule has 1 saturated heterocycles. The maximum absolute atomic E-state index is 15.2. The average molecular weight is 1440 g/mol. The standard InChI is InChI=1S/C73H89F2N13O12S2/c1-43-65(92)82-57(34-48-16-15-47-17-18-50(74)36-53(47)48)67(94)83-58(35-49-40-79-55-22-19-51(75)37-54(49)55)68(95)85-60(39-64(90)91)70(97)84-59(38-62-76-25-26-77-62)69(96)86-61(33-44-13-20-52(100-5)21-14-44)71(98)88-29-9-24-73(88,2)72(99)78-27-31-102-42-46-11-8-10-45(32-46)41-101-30-23-63(89)81-56(66(93)80-43)12-6-7-28-87(3)4/h8,10-11,13-14,16-22,25-26,32,36-37,40,43,56-61,79H,6-7,9,12,15,23-24,27-31,33-35,38-39,41-42H2,1-5H3,(H,76,77)(H,78,99)(H,80,93)(H,81,89)(H,82,92)(H,83,94)(H,84,97)(H,85,95)(H,86,96)(H,90,91)/t43-,56+,57+,58+,59+,60+,61+,73+/m1/s1. The molecule has 2 aliphatic heterocycles. The molecule has 2 bridgehead atoms. The Morgan fingerprint density at radius 1 is 0.706 bits per heavy atom. The van der Waals surface area contributed by atoms with Gasteiger partial charge in [0.2, 0.25) is 53.2 Å². The summed E-state index contributed by atoms with van der Waals surface area (Å²) >= 11 is 3.15. The van der Waals surface area contributed by atoms with Crippen LogP contribution in [0, 0.1) is 11.6 Å². The molecule has 29 heteroatoms. The third-order valence-corrected chi connectivity index (χ3v) is 20.4. The number of thioether (sulfide) groups is 2. The van der Waals surface area contributed by atoms with Crippen molar-refractivity contribution in [3.8, 4) is 5.75 Å². The molecule has 0 saturated carbocycles. The van der Waals surface area contributed by atoms with Crippen LogP contribution in [-0.2, 0) is 85.1 Å². The van der Waals surface area contributed by atoms with Crippen molar-refractivity contribution in [2.24, 2.45) is 0 Å². The maximum Gasteiger partial charge on any atom is 0.305 e. The molecule has 102 heavy (non-hydrogen) atoms. The lowest BCUT2D eigenvalue weighted by Gasteiger charge is -2.36. The van der Waals surface area contributed by atoms with Crippen molar-refractivity contribution in [2.75, 3.05) is 52.3 Å². The quantitative estimate of drug-likeness (QED) is 0.0573. The second-order valence-electron chi connectivity index (χ2n) is 26.3. The number of hydrogen-bond donors (Lipinski definition) is 11. The van der Waals surface area contributed by atoms with Crippen LogP contribution in [0.25, 0.3) is 16.5 Å². The summed E-state index contributed by atoms with van der Waals surface area (Å²) in [4.78, 5) is 159. The van der Waals surface area contributed by atoms with E-state index in [4.69, 9.17) is 4.74 Å². The number of H-pyrrole nitrogens is 2. The molecule has 1 fully saturated rings. The van der Waals surface area contributed by atoms with Gasteiger partial charge in [-0.1, -0.05) is 48.5 Å². The summed E-state index contributed by atoms with van der Waals surface area (Å²) in [5.41, 5.74) is 3.64. The molecule has 0 radical (unpaired) electrons. The van der Waals surface area contributed by atoms with Gasteiger partial charge in [-0.3, -0.25) is 47.9 Å². The van der Waals surface area contributed by atoms with Crippen LogP contribution in [0.3, 0.4) is 0 Å². The van der Waals surface area contributed by atoms with Crippen LogP contribution in [0.5, 0.6) is 5.75 Å². The van der Waals surface area contributed by atoms with Crippen LogP contribution in [0.15, 0.2) is 110 Å². The first-order valence-electron chi connectivity index (χ1n) is 34.1. The second-order valence-corrected chi connectivity index (χ2v) is 28.5. The lowest BCUT2D eigenvalue weighted by Crippen LogP contribution is -2.62. The first kappa shape index (κ1) is 76.6. The molecule has 0 unspecified atom stereocenters. The highest BCUT2D eigenvalue weighted by atomic mass is 32.2. The number of allylic oxidation sites excluding steroid dienone is 1. The zero-order valence-electron chi connectivity index (χ0n) is 57.7. The molecule has 9 rings (SSSR count). The number of aromatic amines is 2. The lowest BCUT2D eigenvalue weighted by atomic mass is 9.95. The van der Waals surface area contributed by atoms with E-state index < -0.39 is 126 Å². The van der Waals surface area contributed by atoms with Crippen LogP contribution < -0.4 is 47.3 Å². The number of carbonyl (C=O) groups is 10. The van der Waals surface area contributed by atoms with Gasteiger partial charge in [0.1, 0.15) is 71.0 Å². The summed E-state index contributed by atoms with van der Waals surface area (Å²) in [6.45, 7) is 4.20. The van der Waals surface area contributed by atoms with Crippen molar-refractivity contribution in [1.82, 2.24) is 67.3 Å². The Kier molecular flexibility index (Phi) is 27.3. The number of hydrogen-bond acceptors (Lipinski definition) is 15. The summed E-state index contributed by atoms with van der Waals surface area (Å²) in [5.74, 6) is -7.12. The number of nitrogens with zero attached hydrogens (tertiary/aromatic N) is 3. The van der Waals surface area contributed by atoms with Gasteiger partial charge in [0.05, 0.1) is 13.5 Å². The monoisotopic (exact) mass is 1440 g/mol. The Bertz CT molecular complexity index is 4030. The van der Waals surface area contributed by atoms with E-state index in [1.165, 1.54) is 67.9 Å². The number of rotatable bonds is 16. The van der Waals surface area contributed by atoms with E-state index in [9.17, 15) is 38.3 Å². The Morgan fingerprint density at radius 2 is 1.35 bits per heavy atom. The normalized spacial score (nSPS) is 23.1. The minimum absolute atomic E-state index is 0.0749. The SMILES string of the molecule is COc1ccc(C[C@@H]2NC(=O)[C@H](Cc3ncc[nH]3)NC(=O)[C@H](CC(=O)O)NC(=O)[C@H](Cc3c[nH]c4ccc(F)cc34)NC(=O)[C@H](CC3=CCc4ccc(F)cc43)NC(=O)[C@@H](C)NC(=O)[C@H](CCCCN(C)C)NC(=O)CCSCc3cccc(c3)CSCCNC(=O)[C@]3(C)CCCN3C2=O)cc1. The number of carbonyl (C=O) groups excluding carboxylic acids is 9. The van der Waals surface area contributed by atoms with Crippen LogP contribution >= 0.6 is 23.5 Å². The van der Waals surface area contributed by atoms with E-state index in [1.54, 1.807) is 66.9 Å². The third-order valence-electron chi connectivity index (χ3n) is 18.3. The van der Waals surface area contributed by atoms with Crippen molar-refractivity contribution in [3.63, 3.8) is 0 Å². The number of ether oxygens (including phenoxy) is 1. The molecule has 8 atom stereocenters. The molecular weight excluding hydrogens is 1350 g/mol. The molecule has 1 aliphatic carbocycles. The molecular formula is C73H89F2N13O12S2. The number of carboxylic acids is 1. The first-order chi connectivity index (χ1) is 48.9. The van der Waals surface area contributed by atoms with Gasteiger partial charge < -0.3 is 72.1 Å². The highest BCUT2D eigenvalue weighted by molar-refractivity contribution is 7.98. The largest absolute Gasteiger partial charge is 0.497 e. The smallest absolute Gasteiger partial charge is 0.305 e. The highest BCUT2D eigenvalue weighted by Gasteiger charge is 2.48. The van der Waals surface area contributed by atoms with E-state index in [0.717, 1.165) is 16.7 Å². The van der Waals surface area contributed by atoms with E-state index in [-0.39, 0.29) is 62.5 Å². The van der Waals surface area contributed by atoms with Gasteiger partial charge in [0, 0.05) is 97.7 Å². The third kappa shape index (κ3) is 21.2. The molecule has 2 aromatic heterocycles. The number of fused-ring (bicyclic) bond motifs is 5. The summed E-state index contributed by atoms with van der Waals surface area (Å²) in [6, 6.07) is 12.1. The number of carboxylic acid groups (broad SMARTS) is 1. The van der Waals surface area contributed by atoms with E-state index in [2.05, 4.69) is 63.6 Å². The second kappa shape index (κ2) is 36.3. The molecule has 6 aromatic rings. The van der Waals surface area contributed by atoms with Gasteiger partial charge in [-0.05, 0) is 154 Å². The van der Waals surface area contributed by atoms with Gasteiger partial charge >= 0.3 is 5.97 Å². The molecule has 11 N–H and O–H groups in total. The number of unbranched alkanes of at least 4 members (excludes halogenated alkanes) is 1. The Labute approximate surface area is 598 Å². The van der Waals surface area contributed by atoms with E-state index in [0.29, 0.717) is 95.0 Å². The van der Waals surface area contributed by atoms with Gasteiger partial charge in [0.15, 0.2) is 0 Å². The molecule has 25 nitrogen and oxygen atoms in total. The molecule has 544 valence electrons. The number of methoxy groups -OCH3 is 1. The zero-order chi connectivity index (χ0) is 73.0. The minimum Gasteiger partial charge on any atom is -0.497 e. The summed E-state index contributed by atoms with van der Waals surface area (Å²) in [7, 11) is 5.33. The Hall–Kier alpha value is -9.61. The fourth-order valence-corrected chi connectivity index (χ4v) is 14.4. The van der Waals surface area contributed by atoms with Gasteiger partial charge in [0.25, 0.3) is 0 Å². The van der Waals surface area contributed by atoms with Crippen LogP contribution in [0.4, 0.5) is 8.78 Å². The van der Waals surface area contributed by atoms with Crippen LogP contribution in [0.2, 0.25) is 0 Å². The number of aromatic nitrogens is 3. The highest BCUT2D eigenvalue weighted by Crippen LogP contribution is 2.33. The maximum atomic E-state index is 15.2. The van der Waals surface area contributed by atoms with Crippen LogP contribution in [0.1, 0.15) is 104 Å². The zero-order valence-corrected chi connectivity index (χ0v) is 59.4. The number of imidazole rings is 1.